The molecule has 1 aliphatic rings. The molecule has 0 atom stereocenters. The third-order valence-electron chi connectivity index (χ3n) is 4.68. The number of hydrogen-bond acceptors (Lipinski definition) is 8. The van der Waals surface area contributed by atoms with Crippen LogP contribution in [0, 0.1) is 5.92 Å². The molecule has 0 bridgehead atoms. The standard InChI is InChI=1S/C18H25N3O5S2/c1-3-25-18(22)14-12-15(26-20-14)16-4-5-17(27-16)28(23,24)19-8-11-21-9-6-13(2)7-10-21/h4-5,12-13,19H,3,6-11H2,1-2H3. The third kappa shape index (κ3) is 5.19. The summed E-state index contributed by atoms with van der Waals surface area (Å²) in [5.41, 5.74) is 0.0589. The fourth-order valence-electron chi connectivity index (χ4n) is 2.98. The number of piperidine rings is 1. The van der Waals surface area contributed by atoms with E-state index >= 15 is 0 Å². The Hall–Kier alpha value is -1.75. The molecule has 3 heterocycles. The van der Waals surface area contributed by atoms with Crippen LogP contribution in [0.15, 0.2) is 26.9 Å². The second-order valence-corrected chi connectivity index (χ2v) is 9.92. The Morgan fingerprint density at radius 2 is 2.14 bits per heavy atom. The number of aromatic nitrogens is 1. The van der Waals surface area contributed by atoms with E-state index in [1.54, 1.807) is 13.0 Å². The first-order chi connectivity index (χ1) is 13.4. The molecule has 1 fully saturated rings. The Bertz CT molecular complexity index is 898. The minimum Gasteiger partial charge on any atom is -0.461 e. The van der Waals surface area contributed by atoms with Crippen molar-refractivity contribution in [2.24, 2.45) is 5.92 Å². The normalized spacial score (nSPS) is 16.4. The number of thiophene rings is 1. The molecule has 0 radical (unpaired) electrons. The molecule has 0 amide bonds. The van der Waals surface area contributed by atoms with Gasteiger partial charge in [-0.3, -0.25) is 0 Å². The minimum atomic E-state index is -3.59. The van der Waals surface area contributed by atoms with E-state index in [4.69, 9.17) is 9.26 Å². The van der Waals surface area contributed by atoms with Gasteiger partial charge in [0.25, 0.3) is 0 Å². The molecule has 0 aliphatic carbocycles. The molecule has 0 aromatic carbocycles. The van der Waals surface area contributed by atoms with Gasteiger partial charge >= 0.3 is 5.97 Å². The van der Waals surface area contributed by atoms with E-state index in [0.29, 0.717) is 23.7 Å². The van der Waals surface area contributed by atoms with Gasteiger partial charge < -0.3 is 14.2 Å². The SMILES string of the molecule is CCOC(=O)c1cc(-c2ccc(S(=O)(=O)NCCN3CCC(C)CC3)s2)on1. The maximum absolute atomic E-state index is 12.5. The Labute approximate surface area is 168 Å². The molecule has 2 aromatic heterocycles. The van der Waals surface area contributed by atoms with Gasteiger partial charge in [0.1, 0.15) is 4.21 Å². The first kappa shape index (κ1) is 21.0. The Kier molecular flexibility index (Phi) is 6.86. The van der Waals surface area contributed by atoms with Crippen LogP contribution in [0.3, 0.4) is 0 Å². The van der Waals surface area contributed by atoms with E-state index < -0.39 is 16.0 Å². The van der Waals surface area contributed by atoms with Crippen LogP contribution in [0.4, 0.5) is 0 Å². The molecule has 0 spiro atoms. The van der Waals surface area contributed by atoms with Gasteiger partial charge in [0.15, 0.2) is 11.5 Å². The highest BCUT2D eigenvalue weighted by Gasteiger charge is 2.21. The number of likely N-dealkylation sites (tertiary alicyclic amines) is 1. The lowest BCUT2D eigenvalue weighted by Gasteiger charge is -2.30. The van der Waals surface area contributed by atoms with Gasteiger partial charge in [0.2, 0.25) is 10.0 Å². The summed E-state index contributed by atoms with van der Waals surface area (Å²) in [5.74, 6) is 0.505. The van der Waals surface area contributed by atoms with Gasteiger partial charge in [-0.15, -0.1) is 11.3 Å². The monoisotopic (exact) mass is 427 g/mol. The Morgan fingerprint density at radius 3 is 2.86 bits per heavy atom. The molecule has 1 saturated heterocycles. The molecule has 3 rings (SSSR count). The van der Waals surface area contributed by atoms with Crippen molar-refractivity contribution in [1.82, 2.24) is 14.8 Å². The van der Waals surface area contributed by atoms with Gasteiger partial charge in [-0.2, -0.15) is 0 Å². The van der Waals surface area contributed by atoms with Crippen molar-refractivity contribution in [1.29, 1.82) is 0 Å². The van der Waals surface area contributed by atoms with Gasteiger partial charge in [0.05, 0.1) is 11.5 Å². The first-order valence-corrected chi connectivity index (χ1v) is 11.6. The van der Waals surface area contributed by atoms with Gasteiger partial charge in [-0.25, -0.2) is 17.9 Å². The fraction of sp³-hybridized carbons (Fsp3) is 0.556. The van der Waals surface area contributed by atoms with Crippen LogP contribution < -0.4 is 4.72 Å². The van der Waals surface area contributed by atoms with Gasteiger partial charge in [-0.1, -0.05) is 12.1 Å². The van der Waals surface area contributed by atoms with Crippen molar-refractivity contribution in [2.45, 2.75) is 30.9 Å². The van der Waals surface area contributed by atoms with Crippen molar-refractivity contribution in [2.75, 3.05) is 32.8 Å². The van der Waals surface area contributed by atoms with Crippen molar-refractivity contribution >= 4 is 27.3 Å². The summed E-state index contributed by atoms with van der Waals surface area (Å²) in [4.78, 5) is 14.5. The average molecular weight is 428 g/mol. The van der Waals surface area contributed by atoms with Crippen LogP contribution in [-0.4, -0.2) is 57.2 Å². The van der Waals surface area contributed by atoms with Crippen LogP contribution in [0.2, 0.25) is 0 Å². The summed E-state index contributed by atoms with van der Waals surface area (Å²) in [6.07, 6.45) is 2.32. The number of carbonyl (C=O) groups is 1. The second kappa shape index (κ2) is 9.17. The van der Waals surface area contributed by atoms with Crippen molar-refractivity contribution < 1.29 is 22.5 Å². The smallest absolute Gasteiger partial charge is 0.360 e. The van der Waals surface area contributed by atoms with Crippen LogP contribution in [0.1, 0.15) is 37.2 Å². The van der Waals surface area contributed by atoms with E-state index in [0.717, 1.165) is 43.2 Å². The zero-order chi connectivity index (χ0) is 20.1. The van der Waals surface area contributed by atoms with E-state index in [1.807, 2.05) is 0 Å². The van der Waals surface area contributed by atoms with Crippen LogP contribution >= 0.6 is 11.3 Å². The summed E-state index contributed by atoms with van der Waals surface area (Å²) >= 11 is 1.07. The van der Waals surface area contributed by atoms with E-state index in [-0.39, 0.29) is 16.5 Å². The largest absolute Gasteiger partial charge is 0.461 e. The zero-order valence-electron chi connectivity index (χ0n) is 16.0. The molecule has 28 heavy (non-hydrogen) atoms. The summed E-state index contributed by atoms with van der Waals surface area (Å²) in [7, 11) is -3.59. The summed E-state index contributed by atoms with van der Waals surface area (Å²) < 4.78 is 37.9. The lowest BCUT2D eigenvalue weighted by atomic mass is 9.99. The summed E-state index contributed by atoms with van der Waals surface area (Å²) in [5, 5.41) is 3.68. The van der Waals surface area contributed by atoms with Crippen LogP contribution in [0.25, 0.3) is 10.6 Å². The fourth-order valence-corrected chi connectivity index (χ4v) is 5.30. The number of esters is 1. The van der Waals surface area contributed by atoms with E-state index in [9.17, 15) is 13.2 Å². The second-order valence-electron chi connectivity index (χ2n) is 6.84. The maximum Gasteiger partial charge on any atom is 0.360 e. The average Bonchev–Trinajstić information content (AvgIpc) is 3.33. The number of hydrogen-bond donors (Lipinski definition) is 1. The van der Waals surface area contributed by atoms with Gasteiger partial charge in [-0.05, 0) is 50.9 Å². The molecule has 2 aromatic rings. The van der Waals surface area contributed by atoms with E-state index in [1.165, 1.54) is 12.1 Å². The van der Waals surface area contributed by atoms with Crippen molar-refractivity contribution in [3.63, 3.8) is 0 Å². The van der Waals surface area contributed by atoms with Crippen molar-refractivity contribution in [3.8, 4) is 10.6 Å². The highest BCUT2D eigenvalue weighted by Crippen LogP contribution is 2.31. The lowest BCUT2D eigenvalue weighted by Crippen LogP contribution is -2.39. The van der Waals surface area contributed by atoms with Crippen molar-refractivity contribution in [3.05, 3.63) is 23.9 Å². The molecule has 0 saturated carbocycles. The first-order valence-electron chi connectivity index (χ1n) is 9.35. The number of carbonyl (C=O) groups excluding carboxylic acids is 1. The Balaban J connectivity index is 1.58. The molecular formula is C18H25N3O5S2. The number of nitrogens with zero attached hydrogens (tertiary/aromatic N) is 2. The number of ether oxygens (including phenoxy) is 1. The molecule has 1 N–H and O–H groups in total. The number of rotatable bonds is 8. The molecule has 0 unspecified atom stereocenters. The maximum atomic E-state index is 12.5. The highest BCUT2D eigenvalue weighted by molar-refractivity contribution is 7.91. The van der Waals surface area contributed by atoms with E-state index in [2.05, 4.69) is 21.7 Å². The summed E-state index contributed by atoms with van der Waals surface area (Å²) in [6, 6.07) is 4.61. The molecule has 8 nitrogen and oxygen atoms in total. The topological polar surface area (TPSA) is 102 Å². The van der Waals surface area contributed by atoms with Crippen LogP contribution in [0.5, 0.6) is 0 Å². The summed E-state index contributed by atoms with van der Waals surface area (Å²) in [6.45, 7) is 7.30. The zero-order valence-corrected chi connectivity index (χ0v) is 17.6. The quantitative estimate of drug-likeness (QED) is 0.646. The van der Waals surface area contributed by atoms with Gasteiger partial charge in [0, 0.05) is 19.2 Å². The lowest BCUT2D eigenvalue weighted by molar-refractivity contribution is 0.0514. The number of nitrogens with one attached hydrogen (secondary N) is 1. The predicted octanol–water partition coefficient (Wildman–Crippen LogP) is 2.59. The number of sulfonamides is 1. The third-order valence-corrected chi connectivity index (χ3v) is 7.73. The highest BCUT2D eigenvalue weighted by atomic mass is 32.2. The molecule has 10 heteroatoms. The molecule has 154 valence electrons. The predicted molar refractivity (Wildman–Crippen MR) is 106 cm³/mol. The minimum absolute atomic E-state index is 0.0589. The van der Waals surface area contributed by atoms with Crippen LogP contribution in [-0.2, 0) is 14.8 Å². The molecular weight excluding hydrogens is 402 g/mol. The Morgan fingerprint density at radius 1 is 1.39 bits per heavy atom. The molecule has 1 aliphatic heterocycles.